The monoisotopic (exact) mass is 370 g/mol. The number of carbonyl (C=O) groups excluding carboxylic acids is 1. The molecular formula is C16H16Cl2N2O2S. The summed E-state index contributed by atoms with van der Waals surface area (Å²) in [4.78, 5) is 19.2. The van der Waals surface area contributed by atoms with Crippen LogP contribution < -0.4 is 4.90 Å². The predicted molar refractivity (Wildman–Crippen MR) is 93.5 cm³/mol. The van der Waals surface area contributed by atoms with E-state index < -0.39 is 4.33 Å². The number of fused-ring (bicyclic) bond motifs is 1. The molecule has 1 amide bonds. The Kier molecular flexibility index (Phi) is 4.00. The fraction of sp³-hybridized carbons (Fsp3) is 0.500. The van der Waals surface area contributed by atoms with Gasteiger partial charge in [0.1, 0.15) is 4.33 Å². The second-order valence-electron chi connectivity index (χ2n) is 6.07. The molecule has 1 aromatic carbocycles. The first-order chi connectivity index (χ1) is 11.0. The topological polar surface area (TPSA) is 42.4 Å². The first kappa shape index (κ1) is 15.6. The van der Waals surface area contributed by atoms with Crippen molar-refractivity contribution in [2.45, 2.75) is 29.7 Å². The molecule has 0 bridgehead atoms. The third-order valence-electron chi connectivity index (χ3n) is 4.31. The van der Waals surface area contributed by atoms with Crippen molar-refractivity contribution >= 4 is 55.8 Å². The highest BCUT2D eigenvalue weighted by Crippen LogP contribution is 2.54. The highest BCUT2D eigenvalue weighted by atomic mass is 35.5. The van der Waals surface area contributed by atoms with E-state index in [1.165, 1.54) is 11.3 Å². The van der Waals surface area contributed by atoms with Crippen molar-refractivity contribution in [1.29, 1.82) is 0 Å². The van der Waals surface area contributed by atoms with Crippen molar-refractivity contribution in [2.24, 2.45) is 5.92 Å². The Bertz CT molecular complexity index is 710. The molecular weight excluding hydrogens is 355 g/mol. The van der Waals surface area contributed by atoms with E-state index in [1.54, 1.807) is 4.90 Å². The van der Waals surface area contributed by atoms with E-state index in [-0.39, 0.29) is 17.9 Å². The van der Waals surface area contributed by atoms with Crippen LogP contribution in [0.15, 0.2) is 24.3 Å². The largest absolute Gasteiger partial charge is 0.376 e. The van der Waals surface area contributed by atoms with Gasteiger partial charge in [0, 0.05) is 6.61 Å². The highest BCUT2D eigenvalue weighted by molar-refractivity contribution is 7.22. The fourth-order valence-electron chi connectivity index (χ4n) is 2.90. The minimum absolute atomic E-state index is 0.0513. The summed E-state index contributed by atoms with van der Waals surface area (Å²) in [7, 11) is 0. The zero-order valence-electron chi connectivity index (χ0n) is 12.4. The highest BCUT2D eigenvalue weighted by Gasteiger charge is 2.58. The first-order valence-corrected chi connectivity index (χ1v) is 9.28. The number of amides is 1. The third-order valence-corrected chi connectivity index (χ3v) is 6.21. The maximum absolute atomic E-state index is 12.9. The minimum atomic E-state index is -0.928. The summed E-state index contributed by atoms with van der Waals surface area (Å²) in [5, 5.41) is 0.697. The number of aromatic nitrogens is 1. The number of benzene rings is 1. The number of hydrogen-bond acceptors (Lipinski definition) is 4. The lowest BCUT2D eigenvalue weighted by atomic mass is 10.2. The smallest absolute Gasteiger partial charge is 0.235 e. The zero-order chi connectivity index (χ0) is 16.0. The molecule has 1 aliphatic heterocycles. The van der Waals surface area contributed by atoms with Crippen LogP contribution in [0.3, 0.4) is 0 Å². The minimum Gasteiger partial charge on any atom is -0.376 e. The Morgan fingerprint density at radius 2 is 2.22 bits per heavy atom. The van der Waals surface area contributed by atoms with Gasteiger partial charge >= 0.3 is 0 Å². The molecule has 2 unspecified atom stereocenters. The lowest BCUT2D eigenvalue weighted by molar-refractivity contribution is -0.120. The zero-order valence-corrected chi connectivity index (χ0v) is 14.7. The van der Waals surface area contributed by atoms with Gasteiger partial charge in [-0.2, -0.15) is 0 Å². The third kappa shape index (κ3) is 3.07. The number of ether oxygens (including phenoxy) is 1. The molecule has 1 aromatic heterocycles. The van der Waals surface area contributed by atoms with E-state index in [2.05, 4.69) is 4.98 Å². The average Bonchev–Trinajstić information content (AvgIpc) is 2.94. The van der Waals surface area contributed by atoms with Crippen molar-refractivity contribution in [2.75, 3.05) is 18.1 Å². The summed E-state index contributed by atoms with van der Waals surface area (Å²) >= 11 is 13.7. The number of thiazole rings is 1. The summed E-state index contributed by atoms with van der Waals surface area (Å²) in [6, 6.07) is 7.88. The van der Waals surface area contributed by atoms with Crippen molar-refractivity contribution < 1.29 is 9.53 Å². The lowest BCUT2D eigenvalue weighted by Gasteiger charge is -2.23. The van der Waals surface area contributed by atoms with Crippen LogP contribution >= 0.6 is 34.5 Å². The molecule has 2 heterocycles. The molecule has 2 aliphatic rings. The Morgan fingerprint density at radius 3 is 2.87 bits per heavy atom. The van der Waals surface area contributed by atoms with Crippen LogP contribution in [-0.4, -0.2) is 34.5 Å². The molecule has 1 saturated carbocycles. The molecule has 122 valence electrons. The van der Waals surface area contributed by atoms with Gasteiger partial charge in [-0.15, -0.1) is 23.2 Å². The summed E-state index contributed by atoms with van der Waals surface area (Å²) in [5.74, 6) is -0.399. The Labute approximate surface area is 148 Å². The maximum atomic E-state index is 12.9. The van der Waals surface area contributed by atoms with Gasteiger partial charge in [-0.25, -0.2) is 4.98 Å². The summed E-state index contributed by atoms with van der Waals surface area (Å²) in [6.07, 6.45) is 2.56. The normalized spacial score (nSPS) is 25.7. The van der Waals surface area contributed by atoms with E-state index >= 15 is 0 Å². The molecule has 2 atom stereocenters. The van der Waals surface area contributed by atoms with E-state index in [0.717, 1.165) is 29.7 Å². The van der Waals surface area contributed by atoms with E-state index in [4.69, 9.17) is 27.9 Å². The van der Waals surface area contributed by atoms with E-state index in [1.807, 2.05) is 24.3 Å². The molecule has 1 saturated heterocycles. The van der Waals surface area contributed by atoms with Gasteiger partial charge < -0.3 is 4.74 Å². The second kappa shape index (κ2) is 5.88. The molecule has 0 spiro atoms. The van der Waals surface area contributed by atoms with Crippen LogP contribution in [-0.2, 0) is 9.53 Å². The number of nitrogens with zero attached hydrogens (tertiary/aromatic N) is 2. The predicted octanol–water partition coefficient (Wildman–Crippen LogP) is 4.00. The number of anilines is 1. The van der Waals surface area contributed by atoms with Gasteiger partial charge in [-0.3, -0.25) is 9.69 Å². The van der Waals surface area contributed by atoms with Crippen molar-refractivity contribution in [3.05, 3.63) is 24.3 Å². The van der Waals surface area contributed by atoms with Crippen LogP contribution in [0.1, 0.15) is 19.3 Å². The molecule has 4 nitrogen and oxygen atoms in total. The SMILES string of the molecule is O=C(C1CC1(Cl)Cl)N(CC1CCCO1)c1nc2ccccc2s1. The van der Waals surface area contributed by atoms with Crippen molar-refractivity contribution in [3.63, 3.8) is 0 Å². The summed E-state index contributed by atoms with van der Waals surface area (Å²) in [6.45, 7) is 1.27. The Morgan fingerprint density at radius 1 is 1.43 bits per heavy atom. The van der Waals surface area contributed by atoms with Gasteiger partial charge in [0.2, 0.25) is 5.91 Å². The summed E-state index contributed by atoms with van der Waals surface area (Å²) in [5.41, 5.74) is 0.899. The van der Waals surface area contributed by atoms with Crippen molar-refractivity contribution in [3.8, 4) is 0 Å². The number of halogens is 2. The molecule has 4 rings (SSSR count). The van der Waals surface area contributed by atoms with E-state index in [0.29, 0.717) is 18.1 Å². The molecule has 0 radical (unpaired) electrons. The van der Waals surface area contributed by atoms with Gasteiger partial charge in [0.25, 0.3) is 0 Å². The average molecular weight is 371 g/mol. The van der Waals surface area contributed by atoms with Crippen LogP contribution in [0.5, 0.6) is 0 Å². The number of carbonyl (C=O) groups is 1. The molecule has 2 aromatic rings. The van der Waals surface area contributed by atoms with Crippen LogP contribution in [0.25, 0.3) is 10.2 Å². The molecule has 1 aliphatic carbocycles. The Balaban J connectivity index is 1.64. The quantitative estimate of drug-likeness (QED) is 0.763. The standard InChI is InChI=1S/C16H16Cl2N2O2S/c17-16(18)8-11(16)14(21)20(9-10-4-3-7-22-10)15-19-12-5-1-2-6-13(12)23-15/h1-2,5-6,10-11H,3-4,7-9H2. The number of rotatable bonds is 4. The number of para-hydroxylation sites is 1. The van der Waals surface area contributed by atoms with Gasteiger partial charge in [0.05, 0.1) is 28.8 Å². The Hall–Kier alpha value is -0.880. The molecule has 7 heteroatoms. The molecule has 0 N–H and O–H groups in total. The second-order valence-corrected chi connectivity index (χ2v) is 8.62. The first-order valence-electron chi connectivity index (χ1n) is 7.71. The van der Waals surface area contributed by atoms with Crippen molar-refractivity contribution in [1.82, 2.24) is 4.98 Å². The number of hydrogen-bond donors (Lipinski definition) is 0. The fourth-order valence-corrected chi connectivity index (χ4v) is 4.37. The van der Waals surface area contributed by atoms with Gasteiger partial charge in [-0.05, 0) is 31.4 Å². The summed E-state index contributed by atoms with van der Waals surface area (Å²) < 4.78 is 5.83. The maximum Gasteiger partial charge on any atom is 0.235 e. The van der Waals surface area contributed by atoms with Gasteiger partial charge in [-0.1, -0.05) is 23.5 Å². The van der Waals surface area contributed by atoms with Crippen LogP contribution in [0.2, 0.25) is 0 Å². The van der Waals surface area contributed by atoms with Gasteiger partial charge in [0.15, 0.2) is 5.13 Å². The van der Waals surface area contributed by atoms with Crippen LogP contribution in [0.4, 0.5) is 5.13 Å². The van der Waals surface area contributed by atoms with E-state index in [9.17, 15) is 4.79 Å². The van der Waals surface area contributed by atoms with Crippen LogP contribution in [0, 0.1) is 5.92 Å². The number of alkyl halides is 2. The molecule has 23 heavy (non-hydrogen) atoms. The lowest BCUT2D eigenvalue weighted by Crippen LogP contribution is -2.39. The molecule has 2 fully saturated rings.